The number of rotatable bonds is 3. The molecule has 0 amide bonds. The Kier molecular flexibility index (Phi) is 3.72. The first kappa shape index (κ1) is 12.7. The zero-order valence-corrected chi connectivity index (χ0v) is 10.0. The Hall–Kier alpha value is -1.74. The van der Waals surface area contributed by atoms with Gasteiger partial charge in [-0.25, -0.2) is 8.78 Å². The summed E-state index contributed by atoms with van der Waals surface area (Å²) in [5, 5.41) is 9.99. The van der Waals surface area contributed by atoms with Gasteiger partial charge in [-0.3, -0.25) is 0 Å². The molecule has 0 saturated heterocycles. The van der Waals surface area contributed by atoms with Crippen molar-refractivity contribution in [1.82, 2.24) is 0 Å². The smallest absolute Gasteiger partial charge is 0.126 e. The van der Waals surface area contributed by atoms with E-state index >= 15 is 0 Å². The lowest BCUT2D eigenvalue weighted by atomic mass is 10.0. The van der Waals surface area contributed by atoms with E-state index in [9.17, 15) is 13.9 Å². The largest absolute Gasteiger partial charge is 0.388 e. The van der Waals surface area contributed by atoms with Crippen LogP contribution in [-0.4, -0.2) is 5.11 Å². The van der Waals surface area contributed by atoms with Gasteiger partial charge in [0, 0.05) is 6.42 Å². The van der Waals surface area contributed by atoms with Gasteiger partial charge in [0.1, 0.15) is 11.6 Å². The molecule has 0 aliphatic heterocycles. The highest BCUT2D eigenvalue weighted by Gasteiger charge is 2.10. The Balaban J connectivity index is 2.16. The van der Waals surface area contributed by atoms with E-state index in [1.165, 1.54) is 18.2 Å². The van der Waals surface area contributed by atoms with E-state index in [0.717, 1.165) is 0 Å². The highest BCUT2D eigenvalue weighted by atomic mass is 19.1. The predicted molar refractivity (Wildman–Crippen MR) is 66.2 cm³/mol. The van der Waals surface area contributed by atoms with Crippen LogP contribution >= 0.6 is 0 Å². The molecule has 18 heavy (non-hydrogen) atoms. The van der Waals surface area contributed by atoms with E-state index in [1.807, 2.05) is 0 Å². The van der Waals surface area contributed by atoms with Crippen molar-refractivity contribution in [2.24, 2.45) is 0 Å². The zero-order valence-electron chi connectivity index (χ0n) is 10.0. The normalized spacial score (nSPS) is 12.4. The fraction of sp³-hybridized carbons (Fsp3) is 0.200. The Labute approximate surface area is 105 Å². The van der Waals surface area contributed by atoms with Crippen LogP contribution in [0.1, 0.15) is 22.8 Å². The van der Waals surface area contributed by atoms with Crippen LogP contribution in [0.25, 0.3) is 0 Å². The van der Waals surface area contributed by atoms with Crippen LogP contribution in [0.2, 0.25) is 0 Å². The number of halogens is 2. The van der Waals surface area contributed by atoms with E-state index in [4.69, 9.17) is 0 Å². The fourth-order valence-electron chi connectivity index (χ4n) is 1.82. The van der Waals surface area contributed by atoms with Gasteiger partial charge in [-0.05, 0) is 41.8 Å². The van der Waals surface area contributed by atoms with Crippen LogP contribution in [0.4, 0.5) is 8.78 Å². The van der Waals surface area contributed by atoms with Gasteiger partial charge in [-0.1, -0.05) is 24.3 Å². The minimum atomic E-state index is -0.832. The molecule has 0 fully saturated rings. The lowest BCUT2D eigenvalue weighted by Gasteiger charge is -2.12. The summed E-state index contributed by atoms with van der Waals surface area (Å²) in [6.07, 6.45) is -0.567. The van der Waals surface area contributed by atoms with E-state index in [0.29, 0.717) is 16.7 Å². The van der Waals surface area contributed by atoms with Crippen LogP contribution in [-0.2, 0) is 6.42 Å². The van der Waals surface area contributed by atoms with Gasteiger partial charge >= 0.3 is 0 Å². The van der Waals surface area contributed by atoms with Gasteiger partial charge in [-0.2, -0.15) is 0 Å². The van der Waals surface area contributed by atoms with Crippen molar-refractivity contribution in [2.75, 3.05) is 0 Å². The molecular formula is C15H14F2O. The molecule has 0 aliphatic carbocycles. The maximum absolute atomic E-state index is 13.4. The maximum atomic E-state index is 13.4. The summed E-state index contributed by atoms with van der Waals surface area (Å²) in [7, 11) is 0. The van der Waals surface area contributed by atoms with Gasteiger partial charge in [-0.15, -0.1) is 0 Å². The molecule has 0 aromatic heterocycles. The van der Waals surface area contributed by atoms with Gasteiger partial charge in [0.2, 0.25) is 0 Å². The molecule has 0 saturated carbocycles. The molecule has 3 heteroatoms. The molecule has 2 aromatic carbocycles. The average molecular weight is 248 g/mol. The molecule has 1 unspecified atom stereocenters. The van der Waals surface area contributed by atoms with Gasteiger partial charge < -0.3 is 5.11 Å². The summed E-state index contributed by atoms with van der Waals surface area (Å²) in [4.78, 5) is 0. The quantitative estimate of drug-likeness (QED) is 0.880. The van der Waals surface area contributed by atoms with Crippen LogP contribution in [0, 0.1) is 18.6 Å². The summed E-state index contributed by atoms with van der Waals surface area (Å²) in [6.45, 7) is 1.66. The Morgan fingerprint density at radius 2 is 1.89 bits per heavy atom. The molecule has 0 bridgehead atoms. The molecule has 1 nitrogen and oxygen atoms in total. The van der Waals surface area contributed by atoms with Crippen molar-refractivity contribution in [1.29, 1.82) is 0 Å². The first-order chi connectivity index (χ1) is 8.56. The van der Waals surface area contributed by atoms with E-state index in [2.05, 4.69) is 0 Å². The standard InChI is InChI=1S/C15H14F2O/c1-10-5-6-12(9-14(10)17)15(18)8-11-3-2-4-13(16)7-11/h2-7,9,15,18H,8H2,1H3. The summed E-state index contributed by atoms with van der Waals surface area (Å²) in [5.74, 6) is -0.680. The van der Waals surface area contributed by atoms with Crippen molar-refractivity contribution in [3.8, 4) is 0 Å². The lowest BCUT2D eigenvalue weighted by Crippen LogP contribution is -2.03. The highest BCUT2D eigenvalue weighted by molar-refractivity contribution is 5.27. The molecule has 0 heterocycles. The summed E-state index contributed by atoms with van der Waals surface area (Å²) < 4.78 is 26.4. The predicted octanol–water partition coefficient (Wildman–Crippen LogP) is 3.55. The summed E-state index contributed by atoms with van der Waals surface area (Å²) in [5.41, 5.74) is 1.72. The molecule has 2 rings (SSSR count). The second-order valence-electron chi connectivity index (χ2n) is 4.36. The molecule has 1 atom stereocenters. The molecular weight excluding hydrogens is 234 g/mol. The number of hydrogen-bond acceptors (Lipinski definition) is 1. The number of benzene rings is 2. The zero-order chi connectivity index (χ0) is 13.1. The average Bonchev–Trinajstić information content (AvgIpc) is 2.32. The van der Waals surface area contributed by atoms with Crippen molar-refractivity contribution in [3.05, 3.63) is 70.8 Å². The van der Waals surface area contributed by atoms with Crippen molar-refractivity contribution in [3.63, 3.8) is 0 Å². The van der Waals surface area contributed by atoms with Gasteiger partial charge in [0.05, 0.1) is 6.10 Å². The maximum Gasteiger partial charge on any atom is 0.126 e. The second-order valence-corrected chi connectivity index (χ2v) is 4.36. The number of aryl methyl sites for hydroxylation is 1. The van der Waals surface area contributed by atoms with Gasteiger partial charge in [0.25, 0.3) is 0 Å². The van der Waals surface area contributed by atoms with Crippen LogP contribution in [0.3, 0.4) is 0 Å². The SMILES string of the molecule is Cc1ccc(C(O)Cc2cccc(F)c2)cc1F. The number of hydrogen-bond donors (Lipinski definition) is 1. The van der Waals surface area contributed by atoms with E-state index in [1.54, 1.807) is 31.2 Å². The molecule has 0 aliphatic rings. The Morgan fingerprint density at radius 1 is 1.11 bits per heavy atom. The van der Waals surface area contributed by atoms with Crippen molar-refractivity contribution >= 4 is 0 Å². The van der Waals surface area contributed by atoms with E-state index in [-0.39, 0.29) is 18.1 Å². The monoisotopic (exact) mass is 248 g/mol. The first-order valence-corrected chi connectivity index (χ1v) is 5.75. The molecule has 0 spiro atoms. The topological polar surface area (TPSA) is 20.2 Å². The second kappa shape index (κ2) is 5.27. The lowest BCUT2D eigenvalue weighted by molar-refractivity contribution is 0.178. The Bertz CT molecular complexity index is 552. The van der Waals surface area contributed by atoms with Gasteiger partial charge in [0.15, 0.2) is 0 Å². The first-order valence-electron chi connectivity index (χ1n) is 5.75. The van der Waals surface area contributed by atoms with Crippen LogP contribution in [0.5, 0.6) is 0 Å². The molecule has 1 N–H and O–H groups in total. The molecule has 94 valence electrons. The third-order valence-electron chi connectivity index (χ3n) is 2.90. The van der Waals surface area contributed by atoms with E-state index < -0.39 is 6.10 Å². The summed E-state index contributed by atoms with van der Waals surface area (Å²) in [6, 6.07) is 10.7. The molecule has 0 radical (unpaired) electrons. The van der Waals surface area contributed by atoms with Crippen LogP contribution < -0.4 is 0 Å². The minimum Gasteiger partial charge on any atom is -0.388 e. The number of aliphatic hydroxyl groups excluding tert-OH is 1. The highest BCUT2D eigenvalue weighted by Crippen LogP contribution is 2.20. The van der Waals surface area contributed by atoms with Crippen LogP contribution in [0.15, 0.2) is 42.5 Å². The third kappa shape index (κ3) is 2.93. The third-order valence-corrected chi connectivity index (χ3v) is 2.90. The van der Waals surface area contributed by atoms with Crippen molar-refractivity contribution < 1.29 is 13.9 Å². The Morgan fingerprint density at radius 3 is 2.56 bits per heavy atom. The summed E-state index contributed by atoms with van der Waals surface area (Å²) >= 11 is 0. The van der Waals surface area contributed by atoms with Crippen molar-refractivity contribution in [2.45, 2.75) is 19.4 Å². The molecule has 2 aromatic rings. The fourth-order valence-corrected chi connectivity index (χ4v) is 1.82. The number of aliphatic hydroxyl groups is 1. The minimum absolute atomic E-state index is 0.264.